The van der Waals surface area contributed by atoms with Crippen molar-refractivity contribution in [3.05, 3.63) is 35.1 Å². The van der Waals surface area contributed by atoms with E-state index in [0.717, 1.165) is 6.42 Å². The van der Waals surface area contributed by atoms with E-state index in [2.05, 4.69) is 5.32 Å². The van der Waals surface area contributed by atoms with E-state index in [-0.39, 0.29) is 17.8 Å². The van der Waals surface area contributed by atoms with E-state index < -0.39 is 5.54 Å². The van der Waals surface area contributed by atoms with E-state index >= 15 is 0 Å². The smallest absolute Gasteiger partial charge is 0.330 e. The van der Waals surface area contributed by atoms with Gasteiger partial charge in [-0.2, -0.15) is 0 Å². The first-order valence-electron chi connectivity index (χ1n) is 7.06. The molecule has 0 bridgehead atoms. The zero-order chi connectivity index (χ0) is 15.3. The molecule has 0 saturated heterocycles. The first-order valence-corrected chi connectivity index (χ1v) is 7.06. The molecule has 0 heterocycles. The zero-order valence-electron chi connectivity index (χ0n) is 12.9. The summed E-state index contributed by atoms with van der Waals surface area (Å²) in [6.45, 7) is 9.51. The molecule has 0 radical (unpaired) electrons. The Morgan fingerprint density at radius 2 is 2.10 bits per heavy atom. The predicted octanol–water partition coefficient (Wildman–Crippen LogP) is 3.30. The summed E-state index contributed by atoms with van der Waals surface area (Å²) in [5.41, 5.74) is 0.0998. The second-order valence-corrected chi connectivity index (χ2v) is 5.26. The second kappa shape index (κ2) is 6.84. The molecular weight excluding hydrogens is 257 g/mol. The number of esters is 1. The van der Waals surface area contributed by atoms with Gasteiger partial charge < -0.3 is 4.74 Å². The van der Waals surface area contributed by atoms with Crippen LogP contribution in [0.4, 0.5) is 4.39 Å². The molecule has 0 aliphatic heterocycles. The second-order valence-electron chi connectivity index (χ2n) is 5.26. The molecule has 0 spiro atoms. The molecule has 0 aliphatic rings. The summed E-state index contributed by atoms with van der Waals surface area (Å²) in [4.78, 5) is 12.3. The highest BCUT2D eigenvalue weighted by Gasteiger charge is 2.37. The van der Waals surface area contributed by atoms with Crippen LogP contribution in [-0.4, -0.2) is 18.6 Å². The normalized spacial score (nSPS) is 15.5. The Bertz CT molecular complexity index is 476. The number of hydrogen-bond acceptors (Lipinski definition) is 3. The third-order valence-corrected chi connectivity index (χ3v) is 3.58. The summed E-state index contributed by atoms with van der Waals surface area (Å²) in [7, 11) is 0. The lowest BCUT2D eigenvalue weighted by Gasteiger charge is -2.32. The molecule has 4 heteroatoms. The molecular formula is C16H24FNO2. The van der Waals surface area contributed by atoms with Crippen LogP contribution >= 0.6 is 0 Å². The molecule has 2 unspecified atom stereocenters. The van der Waals surface area contributed by atoms with Crippen LogP contribution in [0.5, 0.6) is 0 Å². The molecule has 1 aromatic carbocycles. The fourth-order valence-corrected chi connectivity index (χ4v) is 2.03. The van der Waals surface area contributed by atoms with Gasteiger partial charge in [-0.3, -0.25) is 5.32 Å². The van der Waals surface area contributed by atoms with Crippen LogP contribution in [0.25, 0.3) is 0 Å². The molecule has 2 atom stereocenters. The maximum atomic E-state index is 13.8. The van der Waals surface area contributed by atoms with Gasteiger partial charge in [0.25, 0.3) is 0 Å². The number of halogens is 1. The van der Waals surface area contributed by atoms with Gasteiger partial charge in [0.1, 0.15) is 11.4 Å². The number of carbonyl (C=O) groups is 1. The van der Waals surface area contributed by atoms with Crippen molar-refractivity contribution >= 4 is 5.97 Å². The van der Waals surface area contributed by atoms with E-state index in [1.54, 1.807) is 32.9 Å². The fourth-order valence-electron chi connectivity index (χ4n) is 2.03. The average molecular weight is 281 g/mol. The Morgan fingerprint density at radius 1 is 1.45 bits per heavy atom. The highest BCUT2D eigenvalue weighted by Crippen LogP contribution is 2.25. The van der Waals surface area contributed by atoms with Gasteiger partial charge in [0, 0.05) is 6.04 Å². The summed E-state index contributed by atoms with van der Waals surface area (Å²) >= 11 is 0. The van der Waals surface area contributed by atoms with E-state index in [1.165, 1.54) is 6.07 Å². The quantitative estimate of drug-likeness (QED) is 0.813. The van der Waals surface area contributed by atoms with Gasteiger partial charge in [0.2, 0.25) is 0 Å². The first-order chi connectivity index (χ1) is 9.35. The van der Waals surface area contributed by atoms with E-state index in [4.69, 9.17) is 4.74 Å². The number of benzene rings is 1. The maximum absolute atomic E-state index is 13.8. The van der Waals surface area contributed by atoms with E-state index in [0.29, 0.717) is 17.7 Å². The number of rotatable bonds is 6. The molecule has 3 nitrogen and oxygen atoms in total. The van der Waals surface area contributed by atoms with E-state index in [1.807, 2.05) is 13.8 Å². The van der Waals surface area contributed by atoms with Crippen molar-refractivity contribution in [3.63, 3.8) is 0 Å². The third-order valence-electron chi connectivity index (χ3n) is 3.58. The van der Waals surface area contributed by atoms with Crippen molar-refractivity contribution in [1.29, 1.82) is 0 Å². The van der Waals surface area contributed by atoms with Crippen LogP contribution in [0.15, 0.2) is 18.2 Å². The number of ether oxygens (including phenoxy) is 1. The minimum Gasteiger partial charge on any atom is -0.464 e. The molecule has 0 aromatic heterocycles. The Balaban J connectivity index is 3.21. The van der Waals surface area contributed by atoms with Crippen LogP contribution in [0.1, 0.15) is 45.2 Å². The largest absolute Gasteiger partial charge is 0.464 e. The lowest BCUT2D eigenvalue weighted by Crippen LogP contribution is -2.51. The van der Waals surface area contributed by atoms with Crippen molar-refractivity contribution < 1.29 is 13.9 Å². The highest BCUT2D eigenvalue weighted by atomic mass is 19.1. The molecule has 0 fully saturated rings. The van der Waals surface area contributed by atoms with Crippen molar-refractivity contribution in [2.75, 3.05) is 6.61 Å². The van der Waals surface area contributed by atoms with Gasteiger partial charge >= 0.3 is 5.97 Å². The Labute approximate surface area is 120 Å². The highest BCUT2D eigenvalue weighted by molar-refractivity contribution is 5.82. The molecule has 112 valence electrons. The zero-order valence-corrected chi connectivity index (χ0v) is 12.9. The third kappa shape index (κ3) is 3.57. The number of carbonyl (C=O) groups excluding carboxylic acids is 1. The van der Waals surface area contributed by atoms with Crippen LogP contribution < -0.4 is 5.32 Å². The minimum atomic E-state index is -1.04. The summed E-state index contributed by atoms with van der Waals surface area (Å²) < 4.78 is 19.0. The molecule has 0 aliphatic carbocycles. The number of nitrogens with one attached hydrogen (secondary N) is 1. The summed E-state index contributed by atoms with van der Waals surface area (Å²) in [6, 6.07) is 4.97. The number of hydrogen-bond donors (Lipinski definition) is 1. The Hall–Kier alpha value is -1.42. The molecule has 20 heavy (non-hydrogen) atoms. The van der Waals surface area contributed by atoms with Gasteiger partial charge in [-0.05, 0) is 51.3 Å². The van der Waals surface area contributed by atoms with Crippen molar-refractivity contribution in [2.24, 2.45) is 0 Å². The SMILES string of the molecule is CCOC(=O)C(C)(NC(C)CC)c1ccc(C)c(F)c1. The van der Waals surface area contributed by atoms with E-state index in [9.17, 15) is 9.18 Å². The van der Waals surface area contributed by atoms with Crippen LogP contribution in [0, 0.1) is 12.7 Å². The first kappa shape index (κ1) is 16.6. The molecule has 1 N–H and O–H groups in total. The summed E-state index contributed by atoms with van der Waals surface area (Å²) in [5, 5.41) is 3.25. The Kier molecular flexibility index (Phi) is 5.69. The van der Waals surface area contributed by atoms with Gasteiger partial charge in [-0.25, -0.2) is 9.18 Å². The maximum Gasteiger partial charge on any atom is 0.330 e. The molecule has 0 saturated carbocycles. The van der Waals surface area contributed by atoms with Gasteiger partial charge in [-0.1, -0.05) is 19.1 Å². The molecule has 1 rings (SSSR count). The predicted molar refractivity (Wildman–Crippen MR) is 78.0 cm³/mol. The van der Waals surface area contributed by atoms with Gasteiger partial charge in [-0.15, -0.1) is 0 Å². The van der Waals surface area contributed by atoms with Crippen molar-refractivity contribution in [2.45, 2.75) is 52.6 Å². The van der Waals surface area contributed by atoms with Crippen LogP contribution in [0.3, 0.4) is 0 Å². The summed E-state index contributed by atoms with van der Waals surface area (Å²) in [6.07, 6.45) is 0.864. The van der Waals surface area contributed by atoms with Crippen LogP contribution in [0.2, 0.25) is 0 Å². The molecule has 1 aromatic rings. The molecule has 0 amide bonds. The summed E-state index contributed by atoms with van der Waals surface area (Å²) in [5.74, 6) is -0.701. The lowest BCUT2D eigenvalue weighted by molar-refractivity contribution is -0.151. The topological polar surface area (TPSA) is 38.3 Å². The van der Waals surface area contributed by atoms with Crippen molar-refractivity contribution in [1.82, 2.24) is 5.32 Å². The van der Waals surface area contributed by atoms with Gasteiger partial charge in [0.15, 0.2) is 0 Å². The fraction of sp³-hybridized carbons (Fsp3) is 0.562. The average Bonchev–Trinajstić information content (AvgIpc) is 2.41. The Morgan fingerprint density at radius 3 is 2.60 bits per heavy atom. The monoisotopic (exact) mass is 281 g/mol. The minimum absolute atomic E-state index is 0.119. The number of aryl methyl sites for hydroxylation is 1. The lowest BCUT2D eigenvalue weighted by atomic mass is 9.90. The van der Waals surface area contributed by atoms with Gasteiger partial charge in [0.05, 0.1) is 6.61 Å². The van der Waals surface area contributed by atoms with Crippen LogP contribution in [-0.2, 0) is 15.1 Å². The standard InChI is InChI=1S/C16H24FNO2/c1-6-12(4)18-16(5,15(19)20-7-2)13-9-8-11(3)14(17)10-13/h8-10,12,18H,6-7H2,1-5H3. The van der Waals surface area contributed by atoms with Crippen molar-refractivity contribution in [3.8, 4) is 0 Å².